The molecule has 0 radical (unpaired) electrons. The molecule has 1 N–H and O–H groups in total. The third kappa shape index (κ3) is 4.02. The highest BCUT2D eigenvalue weighted by atomic mass is 79.9. The Kier molecular flexibility index (Phi) is 4.95. The van der Waals surface area contributed by atoms with Crippen LogP contribution >= 0.6 is 38.9 Å². The molecule has 0 fully saturated rings. The predicted molar refractivity (Wildman–Crippen MR) is 75.2 cm³/mol. The molecule has 0 saturated carbocycles. The number of nitrogens with one attached hydrogen (secondary N) is 1. The third-order valence-corrected chi connectivity index (χ3v) is 3.72. The molecule has 1 heterocycles. The summed E-state index contributed by atoms with van der Waals surface area (Å²) < 4.78 is 29.6. The largest absolute Gasteiger partial charge is 0.431 e. The highest BCUT2D eigenvalue weighted by Gasteiger charge is 2.15. The lowest BCUT2D eigenvalue weighted by atomic mass is 10.3. The lowest BCUT2D eigenvalue weighted by Gasteiger charge is -2.14. The number of anilines is 1. The summed E-state index contributed by atoms with van der Waals surface area (Å²) in [6.45, 7) is -2.50. The average Bonchev–Trinajstić information content (AvgIpc) is 2.83. The van der Waals surface area contributed by atoms with Crippen molar-refractivity contribution in [1.29, 1.82) is 0 Å². The first-order valence-corrected chi connectivity index (χ1v) is 7.17. The lowest BCUT2D eigenvalue weighted by molar-refractivity contribution is -0.0498. The van der Waals surface area contributed by atoms with Crippen LogP contribution in [0.5, 0.6) is 5.75 Å². The van der Waals surface area contributed by atoms with Gasteiger partial charge in [-0.15, -0.1) is 11.3 Å². The molecule has 0 unspecified atom stereocenters. The number of benzene rings is 1. The van der Waals surface area contributed by atoms with Crippen LogP contribution in [-0.4, -0.2) is 11.6 Å². The van der Waals surface area contributed by atoms with E-state index in [0.717, 1.165) is 5.01 Å². The number of hydrogen-bond donors (Lipinski definition) is 1. The van der Waals surface area contributed by atoms with Crippen LogP contribution in [0.25, 0.3) is 0 Å². The zero-order valence-corrected chi connectivity index (χ0v) is 12.5. The van der Waals surface area contributed by atoms with Gasteiger partial charge in [0.15, 0.2) is 5.75 Å². The van der Waals surface area contributed by atoms with E-state index < -0.39 is 6.61 Å². The summed E-state index contributed by atoms with van der Waals surface area (Å²) >= 11 is 10.5. The zero-order chi connectivity index (χ0) is 13.8. The normalized spacial score (nSPS) is 10.8. The van der Waals surface area contributed by atoms with Gasteiger partial charge in [-0.1, -0.05) is 11.6 Å². The summed E-state index contributed by atoms with van der Waals surface area (Å²) in [7, 11) is 0. The quantitative estimate of drug-likeness (QED) is 0.824. The van der Waals surface area contributed by atoms with Gasteiger partial charge in [-0.3, -0.25) is 0 Å². The van der Waals surface area contributed by atoms with Crippen molar-refractivity contribution in [3.8, 4) is 5.75 Å². The first-order chi connectivity index (χ1) is 9.06. The molecule has 0 atom stereocenters. The summed E-state index contributed by atoms with van der Waals surface area (Å²) in [5.41, 5.74) is 0.384. The van der Waals surface area contributed by atoms with Gasteiger partial charge in [0.25, 0.3) is 0 Å². The fraction of sp³-hybridized carbons (Fsp3) is 0.182. The smallest absolute Gasteiger partial charge is 0.387 e. The maximum Gasteiger partial charge on any atom is 0.387 e. The van der Waals surface area contributed by atoms with Gasteiger partial charge in [0.2, 0.25) is 0 Å². The van der Waals surface area contributed by atoms with E-state index in [1.807, 2.05) is 5.38 Å². The molecule has 0 spiro atoms. The Morgan fingerprint density at radius 1 is 1.47 bits per heavy atom. The van der Waals surface area contributed by atoms with E-state index in [1.165, 1.54) is 23.5 Å². The van der Waals surface area contributed by atoms with E-state index >= 15 is 0 Å². The highest BCUT2D eigenvalue weighted by molar-refractivity contribution is 9.10. The molecular weight excluding hydrogens is 362 g/mol. The van der Waals surface area contributed by atoms with Crippen molar-refractivity contribution in [1.82, 2.24) is 4.98 Å². The van der Waals surface area contributed by atoms with Crippen LogP contribution in [0.4, 0.5) is 14.5 Å². The van der Waals surface area contributed by atoms with Gasteiger partial charge in [0, 0.05) is 16.6 Å². The van der Waals surface area contributed by atoms with Crippen molar-refractivity contribution in [2.45, 2.75) is 13.2 Å². The second kappa shape index (κ2) is 6.49. The van der Waals surface area contributed by atoms with Crippen LogP contribution in [0.15, 0.2) is 28.2 Å². The fourth-order valence-electron chi connectivity index (χ4n) is 1.41. The van der Waals surface area contributed by atoms with Crippen LogP contribution in [0.2, 0.25) is 5.02 Å². The lowest BCUT2D eigenvalue weighted by Crippen LogP contribution is -2.07. The number of ether oxygens (including phenoxy) is 1. The molecule has 2 aromatic rings. The topological polar surface area (TPSA) is 34.1 Å². The molecule has 0 aliphatic carbocycles. The molecule has 19 heavy (non-hydrogen) atoms. The Morgan fingerprint density at radius 3 is 2.89 bits per heavy atom. The number of halogens is 4. The first-order valence-electron chi connectivity index (χ1n) is 5.12. The van der Waals surface area contributed by atoms with Crippen LogP contribution < -0.4 is 10.1 Å². The molecule has 1 aromatic carbocycles. The van der Waals surface area contributed by atoms with Crippen LogP contribution in [0.3, 0.4) is 0 Å². The monoisotopic (exact) mass is 368 g/mol. The maximum atomic E-state index is 12.4. The summed E-state index contributed by atoms with van der Waals surface area (Å²) in [5, 5.41) is 6.06. The number of hydrogen-bond acceptors (Lipinski definition) is 4. The van der Waals surface area contributed by atoms with E-state index in [9.17, 15) is 8.78 Å². The Balaban J connectivity index is 2.21. The molecule has 0 aliphatic heterocycles. The van der Waals surface area contributed by atoms with E-state index in [2.05, 4.69) is 31.0 Å². The molecule has 3 nitrogen and oxygen atoms in total. The molecule has 8 heteroatoms. The fourth-order valence-corrected chi connectivity index (χ4v) is 2.87. The van der Waals surface area contributed by atoms with E-state index in [-0.39, 0.29) is 5.75 Å². The molecule has 0 saturated heterocycles. The summed E-state index contributed by atoms with van der Waals surface area (Å²) in [6.07, 6.45) is 1.67. The number of aromatic nitrogens is 1. The standard InChI is InChI=1S/C11H8BrClF2N2OS/c12-7-3-6(13)4-8(10(7)18-11(14)15)17-5-9-16-1-2-19-9/h1-4,11,17H,5H2. The number of alkyl halides is 2. The number of rotatable bonds is 5. The Hall–Kier alpha value is -0.920. The number of nitrogens with zero attached hydrogens (tertiary/aromatic N) is 1. The Bertz CT molecular complexity index is 554. The minimum atomic E-state index is -2.90. The van der Waals surface area contributed by atoms with Crippen LogP contribution in [0.1, 0.15) is 5.01 Å². The first kappa shape index (κ1) is 14.5. The van der Waals surface area contributed by atoms with Crippen LogP contribution in [-0.2, 0) is 6.54 Å². The van der Waals surface area contributed by atoms with Gasteiger partial charge in [-0.25, -0.2) is 4.98 Å². The molecule has 102 valence electrons. The van der Waals surface area contributed by atoms with Gasteiger partial charge in [-0.05, 0) is 28.1 Å². The van der Waals surface area contributed by atoms with Gasteiger partial charge in [0.05, 0.1) is 16.7 Å². The van der Waals surface area contributed by atoms with E-state index in [4.69, 9.17) is 11.6 Å². The number of thiazole rings is 1. The van der Waals surface area contributed by atoms with Gasteiger partial charge >= 0.3 is 6.61 Å². The average molecular weight is 370 g/mol. The molecule has 0 amide bonds. The van der Waals surface area contributed by atoms with Crippen LogP contribution in [0, 0.1) is 0 Å². The van der Waals surface area contributed by atoms with Crippen molar-refractivity contribution in [2.24, 2.45) is 0 Å². The summed E-state index contributed by atoms with van der Waals surface area (Å²) in [4.78, 5) is 4.09. The third-order valence-electron chi connectivity index (χ3n) is 2.13. The van der Waals surface area contributed by atoms with Crippen molar-refractivity contribution < 1.29 is 13.5 Å². The molecule has 0 aliphatic rings. The van der Waals surface area contributed by atoms with E-state index in [0.29, 0.717) is 21.7 Å². The minimum Gasteiger partial charge on any atom is -0.431 e. The SMILES string of the molecule is FC(F)Oc1c(Br)cc(Cl)cc1NCc1nccs1. The van der Waals surface area contributed by atoms with Crippen molar-refractivity contribution in [3.63, 3.8) is 0 Å². The maximum absolute atomic E-state index is 12.4. The highest BCUT2D eigenvalue weighted by Crippen LogP contribution is 2.37. The summed E-state index contributed by atoms with van der Waals surface area (Å²) in [6, 6.07) is 3.02. The van der Waals surface area contributed by atoms with Crippen molar-refractivity contribution >= 4 is 44.6 Å². The molecule has 0 bridgehead atoms. The minimum absolute atomic E-state index is 0.0240. The summed E-state index contributed by atoms with van der Waals surface area (Å²) in [5.74, 6) is 0.0240. The van der Waals surface area contributed by atoms with Gasteiger partial charge in [-0.2, -0.15) is 8.78 Å². The second-order valence-electron chi connectivity index (χ2n) is 3.42. The Labute approximate surface area is 125 Å². The van der Waals surface area contributed by atoms with Gasteiger partial charge in [0.1, 0.15) is 5.01 Å². The molecular formula is C11H8BrClF2N2OS. The second-order valence-corrected chi connectivity index (χ2v) is 5.69. The molecule has 2 rings (SSSR count). The Morgan fingerprint density at radius 2 is 2.26 bits per heavy atom. The van der Waals surface area contributed by atoms with Crippen molar-refractivity contribution in [3.05, 3.63) is 38.2 Å². The van der Waals surface area contributed by atoms with Gasteiger partial charge < -0.3 is 10.1 Å². The predicted octanol–water partition coefficient (Wildman–Crippen LogP) is 4.77. The van der Waals surface area contributed by atoms with Crippen molar-refractivity contribution in [2.75, 3.05) is 5.32 Å². The molecule has 1 aromatic heterocycles. The zero-order valence-electron chi connectivity index (χ0n) is 9.37. The van der Waals surface area contributed by atoms with E-state index in [1.54, 1.807) is 6.20 Å².